The number of primary amides is 1. The van der Waals surface area contributed by atoms with Crippen LogP contribution >= 0.6 is 0 Å². The third-order valence-electron chi connectivity index (χ3n) is 0.978. The number of nitrogens with zero attached hydrogens (tertiary/aromatic N) is 1. The van der Waals surface area contributed by atoms with Crippen LogP contribution in [0.5, 0.6) is 0 Å². The predicted molar refractivity (Wildman–Crippen MR) is 57.2 cm³/mol. The summed E-state index contributed by atoms with van der Waals surface area (Å²) in [6, 6.07) is 0. The molecule has 15 heavy (non-hydrogen) atoms. The molecule has 0 unspecified atom stereocenters. The Labute approximate surface area is 90.0 Å². The summed E-state index contributed by atoms with van der Waals surface area (Å²) in [4.78, 5) is 30.2. The maximum atomic E-state index is 10.1. The zero-order valence-electron chi connectivity index (χ0n) is 9.90. The summed E-state index contributed by atoms with van der Waals surface area (Å²) in [6.45, 7) is 4.34. The minimum absolute atomic E-state index is 0.0926. The molecule has 0 spiro atoms. The number of carbonyl (C=O) groups excluding carboxylic acids is 2. The van der Waals surface area contributed by atoms with Gasteiger partial charge >= 0.3 is 0 Å². The number of amides is 2. The minimum Gasteiger partial charge on any atom is -0.481 e. The van der Waals surface area contributed by atoms with Crippen LogP contribution in [0.25, 0.3) is 0 Å². The van der Waals surface area contributed by atoms with E-state index in [2.05, 4.69) is 5.73 Å². The number of hydrogen-bond donors (Lipinski definition) is 2. The van der Waals surface area contributed by atoms with Gasteiger partial charge in [-0.2, -0.15) is 0 Å². The van der Waals surface area contributed by atoms with Gasteiger partial charge in [0.15, 0.2) is 0 Å². The molecule has 0 aliphatic carbocycles. The van der Waals surface area contributed by atoms with Crippen molar-refractivity contribution in [3.05, 3.63) is 0 Å². The molecule has 0 rings (SSSR count). The van der Waals surface area contributed by atoms with E-state index >= 15 is 0 Å². The molecule has 3 N–H and O–H groups in total. The fraction of sp³-hybridized carbons (Fsp3) is 0.667. The van der Waals surface area contributed by atoms with Crippen molar-refractivity contribution in [3.8, 4) is 0 Å². The summed E-state index contributed by atoms with van der Waals surface area (Å²) >= 11 is 0. The van der Waals surface area contributed by atoms with E-state index in [0.29, 0.717) is 6.42 Å². The van der Waals surface area contributed by atoms with Gasteiger partial charge in [0.05, 0.1) is 0 Å². The monoisotopic (exact) mass is 220 g/mol. The lowest BCUT2D eigenvalue weighted by atomic mass is 10.5. The van der Waals surface area contributed by atoms with Crippen molar-refractivity contribution >= 4 is 17.8 Å². The summed E-state index contributed by atoms with van der Waals surface area (Å²) in [5, 5.41) is 7.42. The van der Waals surface area contributed by atoms with Crippen LogP contribution in [0, 0.1) is 0 Å². The molecule has 2 amide bonds. The van der Waals surface area contributed by atoms with Gasteiger partial charge in [0.2, 0.25) is 11.8 Å². The van der Waals surface area contributed by atoms with Crippen molar-refractivity contribution in [1.29, 1.82) is 0 Å². The maximum absolute atomic E-state index is 10.1. The number of aliphatic carboxylic acids is 1. The second kappa shape index (κ2) is 12.4. The topological polar surface area (TPSA) is 101 Å². The van der Waals surface area contributed by atoms with Crippen LogP contribution in [0.15, 0.2) is 0 Å². The molecule has 0 radical (unpaired) electrons. The molecule has 6 heteroatoms. The normalized spacial score (nSPS) is 7.27. The van der Waals surface area contributed by atoms with Crippen molar-refractivity contribution < 1.29 is 19.5 Å². The van der Waals surface area contributed by atoms with Gasteiger partial charge in [-0.1, -0.05) is 6.92 Å². The molecule has 0 saturated carbocycles. The quantitative estimate of drug-likeness (QED) is 0.652. The first-order valence-electron chi connectivity index (χ1n) is 4.30. The van der Waals surface area contributed by atoms with Crippen LogP contribution in [0.2, 0.25) is 0 Å². The highest BCUT2D eigenvalue weighted by Gasteiger charge is 1.87. The lowest BCUT2D eigenvalue weighted by Crippen LogP contribution is -2.17. The van der Waals surface area contributed by atoms with E-state index in [1.54, 1.807) is 21.0 Å². The second-order valence-electron chi connectivity index (χ2n) is 2.75. The molecule has 0 saturated heterocycles. The number of carboxylic acid groups (broad SMARTS) is 1. The SMILES string of the molecule is CC(=O)N(C)C.CC(=O)O.CCC(N)=O. The lowest BCUT2D eigenvalue weighted by molar-refractivity contribution is -0.134. The molecule has 0 aromatic rings. The molecule has 0 fully saturated rings. The third-order valence-corrected chi connectivity index (χ3v) is 0.978. The van der Waals surface area contributed by atoms with Gasteiger partial charge in [0.25, 0.3) is 5.97 Å². The van der Waals surface area contributed by atoms with Gasteiger partial charge in [0.1, 0.15) is 0 Å². The van der Waals surface area contributed by atoms with Crippen molar-refractivity contribution in [2.45, 2.75) is 27.2 Å². The van der Waals surface area contributed by atoms with Crippen LogP contribution in [0.3, 0.4) is 0 Å². The zero-order valence-corrected chi connectivity index (χ0v) is 9.90. The molecule has 0 heterocycles. The Morgan fingerprint density at radius 1 is 1.20 bits per heavy atom. The molecular weight excluding hydrogens is 200 g/mol. The number of rotatable bonds is 1. The van der Waals surface area contributed by atoms with Crippen molar-refractivity contribution in [3.63, 3.8) is 0 Å². The van der Waals surface area contributed by atoms with Gasteiger partial charge in [-0.3, -0.25) is 14.4 Å². The highest BCUT2D eigenvalue weighted by molar-refractivity contribution is 5.73. The Morgan fingerprint density at radius 2 is 1.33 bits per heavy atom. The van der Waals surface area contributed by atoms with E-state index in [1.165, 1.54) is 11.8 Å². The molecular formula is C9H20N2O4. The molecule has 0 aromatic carbocycles. The van der Waals surface area contributed by atoms with Crippen LogP contribution < -0.4 is 5.73 Å². The Bertz CT molecular complexity index is 198. The van der Waals surface area contributed by atoms with E-state index < -0.39 is 5.97 Å². The number of carbonyl (C=O) groups is 3. The minimum atomic E-state index is -0.833. The Kier molecular flexibility index (Phi) is 15.8. The van der Waals surface area contributed by atoms with E-state index in [4.69, 9.17) is 9.90 Å². The third kappa shape index (κ3) is 69.2. The summed E-state index contributed by atoms with van der Waals surface area (Å²) in [6.07, 6.45) is 0.444. The van der Waals surface area contributed by atoms with Crippen LogP contribution in [-0.4, -0.2) is 41.9 Å². The first kappa shape index (κ1) is 19.1. The summed E-state index contributed by atoms with van der Waals surface area (Å²) in [7, 11) is 3.45. The van der Waals surface area contributed by atoms with E-state index in [-0.39, 0.29) is 11.8 Å². The van der Waals surface area contributed by atoms with E-state index in [1.807, 2.05) is 0 Å². The molecule has 0 aromatic heterocycles. The molecule has 0 aliphatic heterocycles. The molecule has 0 atom stereocenters. The van der Waals surface area contributed by atoms with E-state index in [0.717, 1.165) is 6.92 Å². The van der Waals surface area contributed by atoms with Crippen LogP contribution in [0.1, 0.15) is 27.2 Å². The van der Waals surface area contributed by atoms with E-state index in [9.17, 15) is 9.59 Å². The van der Waals surface area contributed by atoms with Gasteiger partial charge in [-0.05, 0) is 0 Å². The number of carboxylic acids is 1. The number of hydrogen-bond acceptors (Lipinski definition) is 3. The van der Waals surface area contributed by atoms with Crippen molar-refractivity contribution in [1.82, 2.24) is 4.90 Å². The molecule has 90 valence electrons. The number of nitrogens with two attached hydrogens (primary N) is 1. The maximum Gasteiger partial charge on any atom is 0.300 e. The smallest absolute Gasteiger partial charge is 0.300 e. The molecule has 6 nitrogen and oxygen atoms in total. The van der Waals surface area contributed by atoms with Crippen molar-refractivity contribution in [2.75, 3.05) is 14.1 Å². The molecule has 0 bridgehead atoms. The first-order chi connectivity index (χ1) is 6.64. The molecule has 0 aliphatic rings. The Hall–Kier alpha value is -1.59. The summed E-state index contributed by atoms with van der Waals surface area (Å²) < 4.78 is 0. The fourth-order valence-electron chi connectivity index (χ4n) is 0. The lowest BCUT2D eigenvalue weighted by Gasteiger charge is -2.02. The highest BCUT2D eigenvalue weighted by Crippen LogP contribution is 1.69. The highest BCUT2D eigenvalue weighted by atomic mass is 16.4. The average Bonchev–Trinajstić information content (AvgIpc) is 2.04. The summed E-state index contributed by atoms with van der Waals surface area (Å²) in [5.41, 5.74) is 4.65. The second-order valence-corrected chi connectivity index (χ2v) is 2.75. The predicted octanol–water partition coefficient (Wildman–Crippen LogP) is 0.0671. The summed E-state index contributed by atoms with van der Waals surface area (Å²) in [5.74, 6) is -0.986. The van der Waals surface area contributed by atoms with Crippen LogP contribution in [-0.2, 0) is 14.4 Å². The standard InChI is InChI=1S/C4H9NO.C3H7NO.C2H4O2/c1-4(6)5(2)3;1-2-3(4)5;1-2(3)4/h1-3H3;2H2,1H3,(H2,4,5);1H3,(H,3,4). The largest absolute Gasteiger partial charge is 0.481 e. The van der Waals surface area contributed by atoms with Crippen LogP contribution in [0.4, 0.5) is 0 Å². The van der Waals surface area contributed by atoms with Gasteiger partial charge in [-0.25, -0.2) is 0 Å². The van der Waals surface area contributed by atoms with Gasteiger partial charge < -0.3 is 15.7 Å². The van der Waals surface area contributed by atoms with Crippen molar-refractivity contribution in [2.24, 2.45) is 5.73 Å². The zero-order chi connectivity index (χ0) is 13.0. The first-order valence-corrected chi connectivity index (χ1v) is 4.30. The average molecular weight is 220 g/mol. The fourth-order valence-corrected chi connectivity index (χ4v) is 0. The van der Waals surface area contributed by atoms with Gasteiger partial charge in [-0.15, -0.1) is 0 Å². The Balaban J connectivity index is -0.000000147. The Morgan fingerprint density at radius 3 is 1.33 bits per heavy atom. The van der Waals surface area contributed by atoms with Gasteiger partial charge in [0, 0.05) is 34.4 Å².